The monoisotopic (exact) mass is 604 g/mol. The second kappa shape index (κ2) is 10.8. The highest BCUT2D eigenvalue weighted by molar-refractivity contribution is 9.11. The predicted molar refractivity (Wildman–Crippen MR) is 134 cm³/mol. The van der Waals surface area contributed by atoms with Crippen molar-refractivity contribution >= 4 is 60.9 Å². The van der Waals surface area contributed by atoms with Crippen molar-refractivity contribution in [3.8, 4) is 11.5 Å². The molecule has 0 fully saturated rings. The highest BCUT2D eigenvalue weighted by Crippen LogP contribution is 2.31. The Morgan fingerprint density at radius 1 is 1.03 bits per heavy atom. The molecule has 0 bridgehead atoms. The van der Waals surface area contributed by atoms with E-state index in [1.165, 1.54) is 18.3 Å². The number of benzene rings is 2. The number of fused-ring (bicyclic) bond motifs is 1. The number of carbonyl (C=O) groups excluding carboxylic acids is 1. The number of hydrogen-bond acceptors (Lipinski definition) is 7. The number of nitrogens with zero attached hydrogens (tertiary/aromatic N) is 1. The summed E-state index contributed by atoms with van der Waals surface area (Å²) in [5.41, 5.74) is 3.66. The van der Waals surface area contributed by atoms with Gasteiger partial charge in [0.1, 0.15) is 18.0 Å². The number of carbonyl (C=O) groups is 2. The van der Waals surface area contributed by atoms with Gasteiger partial charge in [-0.3, -0.25) is 4.79 Å². The maximum Gasteiger partial charge on any atom is 0.371 e. The topological polar surface area (TPSA) is 124 Å². The number of aromatic carboxylic acids is 1. The van der Waals surface area contributed by atoms with Gasteiger partial charge in [0.15, 0.2) is 17.3 Å². The van der Waals surface area contributed by atoms with Crippen molar-refractivity contribution < 1.29 is 33.0 Å². The first-order chi connectivity index (χ1) is 16.8. The highest BCUT2D eigenvalue weighted by Gasteiger charge is 2.15. The summed E-state index contributed by atoms with van der Waals surface area (Å²) < 4.78 is 23.8. The van der Waals surface area contributed by atoms with E-state index in [1.807, 2.05) is 19.1 Å². The number of amides is 1. The summed E-state index contributed by atoms with van der Waals surface area (Å²) in [7, 11) is 0. The first-order valence-electron chi connectivity index (χ1n) is 10.3. The second-order valence-electron chi connectivity index (χ2n) is 7.11. The summed E-state index contributed by atoms with van der Waals surface area (Å²) in [6, 6.07) is 13.3. The molecule has 0 saturated heterocycles. The van der Waals surface area contributed by atoms with Crippen LogP contribution in [0.5, 0.6) is 11.5 Å². The van der Waals surface area contributed by atoms with Crippen LogP contribution in [0.25, 0.3) is 11.0 Å². The van der Waals surface area contributed by atoms with E-state index >= 15 is 0 Å². The van der Waals surface area contributed by atoms with Crippen LogP contribution in [0.4, 0.5) is 0 Å². The van der Waals surface area contributed by atoms with E-state index in [1.54, 1.807) is 24.3 Å². The van der Waals surface area contributed by atoms with E-state index in [4.69, 9.17) is 23.4 Å². The predicted octanol–water partition coefficient (Wildman–Crippen LogP) is 5.99. The van der Waals surface area contributed by atoms with Crippen molar-refractivity contribution in [2.45, 2.75) is 13.5 Å². The van der Waals surface area contributed by atoms with Crippen molar-refractivity contribution in [1.82, 2.24) is 5.43 Å². The molecule has 1 amide bonds. The quantitative estimate of drug-likeness (QED) is 0.177. The molecule has 0 radical (unpaired) electrons. The molecule has 4 rings (SSSR count). The van der Waals surface area contributed by atoms with E-state index < -0.39 is 11.9 Å². The van der Waals surface area contributed by atoms with E-state index in [2.05, 4.69) is 42.4 Å². The standard InChI is InChI=1S/C24H18Br2N2O7/c1-2-32-20-7-13(3-5-18(20)33-12-16-4-6-19(34-16)24(30)31)11-27-28-23(29)21-9-14-8-15(25)10-17(26)22(14)35-21/h3-11H,2,12H2,1H3,(H,28,29)(H,30,31). The van der Waals surface area contributed by atoms with Crippen LogP contribution in [0, 0.1) is 0 Å². The average molecular weight is 606 g/mol. The summed E-state index contributed by atoms with van der Waals surface area (Å²) in [4.78, 5) is 23.4. The number of carboxylic acid groups (broad SMARTS) is 1. The largest absolute Gasteiger partial charge is 0.490 e. The Balaban J connectivity index is 1.42. The summed E-state index contributed by atoms with van der Waals surface area (Å²) in [6.45, 7) is 2.26. The zero-order valence-corrected chi connectivity index (χ0v) is 21.4. The highest BCUT2D eigenvalue weighted by atomic mass is 79.9. The van der Waals surface area contributed by atoms with E-state index in [0.717, 1.165) is 14.3 Å². The molecule has 2 aromatic carbocycles. The molecule has 180 valence electrons. The number of ether oxygens (including phenoxy) is 2. The lowest BCUT2D eigenvalue weighted by Gasteiger charge is -2.11. The van der Waals surface area contributed by atoms with Gasteiger partial charge in [-0.05, 0) is 76.9 Å². The fraction of sp³-hybridized carbons (Fsp3) is 0.125. The smallest absolute Gasteiger partial charge is 0.371 e. The molecule has 0 unspecified atom stereocenters. The summed E-state index contributed by atoms with van der Waals surface area (Å²) in [6.07, 6.45) is 1.46. The SMILES string of the molecule is CCOc1cc(C=NNC(=O)c2cc3cc(Br)cc(Br)c3o2)ccc1OCc1ccc(C(=O)O)o1. The van der Waals surface area contributed by atoms with Crippen molar-refractivity contribution in [3.05, 3.63) is 80.3 Å². The van der Waals surface area contributed by atoms with Crippen LogP contribution in [-0.4, -0.2) is 29.8 Å². The Morgan fingerprint density at radius 2 is 1.86 bits per heavy atom. The molecule has 9 nitrogen and oxygen atoms in total. The number of furan rings is 2. The van der Waals surface area contributed by atoms with Gasteiger partial charge < -0.3 is 23.4 Å². The minimum atomic E-state index is -1.15. The maximum absolute atomic E-state index is 12.5. The van der Waals surface area contributed by atoms with Crippen LogP contribution < -0.4 is 14.9 Å². The molecule has 0 aliphatic carbocycles. The first-order valence-corrected chi connectivity index (χ1v) is 11.9. The van der Waals surface area contributed by atoms with Crippen LogP contribution >= 0.6 is 31.9 Å². The van der Waals surface area contributed by atoms with Gasteiger partial charge in [-0.25, -0.2) is 10.2 Å². The minimum Gasteiger partial charge on any atom is -0.490 e. The molecule has 0 aliphatic heterocycles. The lowest BCUT2D eigenvalue weighted by molar-refractivity contribution is 0.0657. The molecule has 0 spiro atoms. The fourth-order valence-corrected chi connectivity index (χ4v) is 4.46. The van der Waals surface area contributed by atoms with Crippen molar-refractivity contribution in [2.24, 2.45) is 5.10 Å². The number of halogens is 2. The van der Waals surface area contributed by atoms with Gasteiger partial charge >= 0.3 is 11.9 Å². The maximum atomic E-state index is 12.5. The van der Waals surface area contributed by atoms with E-state index in [9.17, 15) is 9.59 Å². The summed E-state index contributed by atoms with van der Waals surface area (Å²) in [5.74, 6) is -0.416. The van der Waals surface area contributed by atoms with Gasteiger partial charge in [-0.15, -0.1) is 0 Å². The number of hydrogen-bond donors (Lipinski definition) is 2. The molecular weight excluding hydrogens is 588 g/mol. The van der Waals surface area contributed by atoms with Gasteiger partial charge in [0.05, 0.1) is 17.3 Å². The average Bonchev–Trinajstić information content (AvgIpc) is 3.46. The lowest BCUT2D eigenvalue weighted by atomic mass is 10.2. The van der Waals surface area contributed by atoms with Crippen molar-refractivity contribution in [1.29, 1.82) is 0 Å². The molecule has 35 heavy (non-hydrogen) atoms. The molecule has 11 heteroatoms. The number of carboxylic acids is 1. The van der Waals surface area contributed by atoms with Crippen molar-refractivity contribution in [3.63, 3.8) is 0 Å². The number of nitrogens with one attached hydrogen (secondary N) is 1. The normalized spacial score (nSPS) is 11.2. The molecule has 0 saturated carbocycles. The number of rotatable bonds is 9. The Labute approximate surface area is 216 Å². The third kappa shape index (κ3) is 5.92. The van der Waals surface area contributed by atoms with E-state index in [-0.39, 0.29) is 18.1 Å². The molecule has 2 aromatic heterocycles. The Kier molecular flexibility index (Phi) is 7.57. The van der Waals surface area contributed by atoms with Gasteiger partial charge in [0, 0.05) is 9.86 Å². The van der Waals surface area contributed by atoms with Crippen LogP contribution in [0.2, 0.25) is 0 Å². The Bertz CT molecular complexity index is 1420. The fourth-order valence-electron chi connectivity index (χ4n) is 3.12. The van der Waals surface area contributed by atoms with Crippen molar-refractivity contribution in [2.75, 3.05) is 6.61 Å². The van der Waals surface area contributed by atoms with Gasteiger partial charge in [-0.2, -0.15) is 5.10 Å². The molecule has 2 heterocycles. The molecular formula is C24H18Br2N2O7. The third-order valence-electron chi connectivity index (χ3n) is 4.65. The van der Waals surface area contributed by atoms with E-state index in [0.29, 0.717) is 35.0 Å². The summed E-state index contributed by atoms with van der Waals surface area (Å²) >= 11 is 6.82. The van der Waals surface area contributed by atoms with Gasteiger partial charge in [0.2, 0.25) is 5.76 Å². The molecule has 0 aliphatic rings. The molecule has 0 atom stereocenters. The van der Waals surface area contributed by atoms with Crippen LogP contribution in [0.3, 0.4) is 0 Å². The zero-order chi connectivity index (χ0) is 24.9. The van der Waals surface area contributed by atoms with Crippen LogP contribution in [0.1, 0.15) is 39.4 Å². The Morgan fingerprint density at radius 3 is 2.60 bits per heavy atom. The van der Waals surface area contributed by atoms with Gasteiger partial charge in [0.25, 0.3) is 0 Å². The van der Waals surface area contributed by atoms with Crippen LogP contribution in [0.15, 0.2) is 71.4 Å². The molecule has 4 aromatic rings. The lowest BCUT2D eigenvalue weighted by Crippen LogP contribution is -2.16. The molecule has 2 N–H and O–H groups in total. The first kappa shape index (κ1) is 24.6. The summed E-state index contributed by atoms with van der Waals surface area (Å²) in [5, 5.41) is 13.7. The zero-order valence-electron chi connectivity index (χ0n) is 18.2. The Hall–Kier alpha value is -3.57. The third-order valence-corrected chi connectivity index (χ3v) is 5.70. The van der Waals surface area contributed by atoms with Gasteiger partial charge in [-0.1, -0.05) is 15.9 Å². The second-order valence-corrected chi connectivity index (χ2v) is 8.88. The number of hydrazone groups is 1. The van der Waals surface area contributed by atoms with Crippen LogP contribution in [-0.2, 0) is 6.61 Å². The minimum absolute atomic E-state index is 0.0288.